The van der Waals surface area contributed by atoms with Gasteiger partial charge in [-0.2, -0.15) is 0 Å². The fourth-order valence-corrected chi connectivity index (χ4v) is 3.31. The molecule has 26 heavy (non-hydrogen) atoms. The van der Waals surface area contributed by atoms with Crippen molar-refractivity contribution < 1.29 is 9.59 Å². The smallest absolute Gasteiger partial charge is 0.248 e. The van der Waals surface area contributed by atoms with Crippen molar-refractivity contribution in [1.82, 2.24) is 4.98 Å². The molecule has 0 aliphatic rings. The zero-order valence-corrected chi connectivity index (χ0v) is 15.2. The molecule has 1 aromatic heterocycles. The van der Waals surface area contributed by atoms with Gasteiger partial charge in [-0.05, 0) is 36.3 Å². The van der Waals surface area contributed by atoms with Gasteiger partial charge in [-0.15, -0.1) is 0 Å². The van der Waals surface area contributed by atoms with Crippen molar-refractivity contribution in [2.24, 2.45) is 0 Å². The Morgan fingerprint density at radius 2 is 1.92 bits per heavy atom. The van der Waals surface area contributed by atoms with Crippen LogP contribution < -0.4 is 10.6 Å². The maximum absolute atomic E-state index is 12.1. The summed E-state index contributed by atoms with van der Waals surface area (Å²) in [5, 5.41) is 6.22. The second-order valence-corrected chi connectivity index (χ2v) is 6.76. The van der Waals surface area contributed by atoms with Gasteiger partial charge in [0.05, 0.1) is 10.2 Å². The maximum Gasteiger partial charge on any atom is 0.248 e. The summed E-state index contributed by atoms with van der Waals surface area (Å²) in [4.78, 5) is 28.1. The number of amides is 2. The number of hydrogen-bond donors (Lipinski definition) is 2. The van der Waals surface area contributed by atoms with Gasteiger partial charge in [0, 0.05) is 18.2 Å². The Morgan fingerprint density at radius 1 is 1.12 bits per heavy atom. The minimum atomic E-state index is -0.200. The Hall–Kier alpha value is -2.99. The average molecular weight is 365 g/mol. The summed E-state index contributed by atoms with van der Waals surface area (Å²) in [7, 11) is 0. The first-order valence-corrected chi connectivity index (χ1v) is 9.20. The summed E-state index contributed by atoms with van der Waals surface area (Å²) in [6, 6.07) is 15.1. The van der Waals surface area contributed by atoms with Crippen LogP contribution in [0.1, 0.15) is 25.3 Å². The van der Waals surface area contributed by atoms with Gasteiger partial charge in [-0.1, -0.05) is 48.6 Å². The molecule has 0 aliphatic carbocycles. The average Bonchev–Trinajstić information content (AvgIpc) is 3.02. The predicted molar refractivity (Wildman–Crippen MR) is 107 cm³/mol. The Balaban J connectivity index is 1.67. The van der Waals surface area contributed by atoms with E-state index in [9.17, 15) is 9.59 Å². The highest BCUT2D eigenvalue weighted by molar-refractivity contribution is 7.22. The molecule has 0 bridgehead atoms. The van der Waals surface area contributed by atoms with E-state index in [4.69, 9.17) is 0 Å². The molecule has 3 aromatic rings. The number of carbonyl (C=O) groups excluding carboxylic acids is 2. The molecule has 132 valence electrons. The summed E-state index contributed by atoms with van der Waals surface area (Å²) >= 11 is 1.39. The van der Waals surface area contributed by atoms with Crippen molar-refractivity contribution in [1.29, 1.82) is 0 Å². The first-order chi connectivity index (χ1) is 12.6. The molecule has 6 heteroatoms. The highest BCUT2D eigenvalue weighted by atomic mass is 32.1. The number of fused-ring (bicyclic) bond motifs is 1. The molecular weight excluding hydrogens is 346 g/mol. The molecule has 0 fully saturated rings. The molecule has 2 aromatic carbocycles. The fraction of sp³-hybridized carbons (Fsp3) is 0.150. The van der Waals surface area contributed by atoms with Gasteiger partial charge in [0.1, 0.15) is 0 Å². The number of carbonyl (C=O) groups is 2. The second-order valence-electron chi connectivity index (χ2n) is 5.73. The van der Waals surface area contributed by atoms with E-state index in [0.29, 0.717) is 17.2 Å². The van der Waals surface area contributed by atoms with Gasteiger partial charge in [0.25, 0.3) is 0 Å². The van der Waals surface area contributed by atoms with Crippen molar-refractivity contribution in [3.05, 3.63) is 60.2 Å². The van der Waals surface area contributed by atoms with Crippen molar-refractivity contribution in [2.75, 3.05) is 10.6 Å². The number of thiazole rings is 1. The van der Waals surface area contributed by atoms with E-state index in [1.807, 2.05) is 49.4 Å². The number of hydrogen-bond acceptors (Lipinski definition) is 4. The lowest BCUT2D eigenvalue weighted by molar-refractivity contribution is -0.116. The lowest BCUT2D eigenvalue weighted by atomic mass is 10.2. The van der Waals surface area contributed by atoms with Gasteiger partial charge in [0.2, 0.25) is 11.8 Å². The third-order valence-corrected chi connectivity index (χ3v) is 4.54. The summed E-state index contributed by atoms with van der Waals surface area (Å²) in [6.45, 7) is 1.96. The molecule has 1 heterocycles. The van der Waals surface area contributed by atoms with Crippen LogP contribution in [0.3, 0.4) is 0 Å². The summed E-state index contributed by atoms with van der Waals surface area (Å²) in [6.07, 6.45) is 4.54. The summed E-state index contributed by atoms with van der Waals surface area (Å²) < 4.78 is 0.904. The molecule has 0 saturated heterocycles. The molecule has 0 unspecified atom stereocenters. The summed E-state index contributed by atoms with van der Waals surface area (Å²) in [5.74, 6) is -0.236. The summed E-state index contributed by atoms with van der Waals surface area (Å²) in [5.41, 5.74) is 2.45. The van der Waals surface area contributed by atoms with Crippen LogP contribution in [0, 0.1) is 0 Å². The van der Waals surface area contributed by atoms with E-state index in [0.717, 1.165) is 22.2 Å². The predicted octanol–water partition coefficient (Wildman–Crippen LogP) is 4.69. The van der Waals surface area contributed by atoms with Crippen molar-refractivity contribution in [3.8, 4) is 0 Å². The Labute approximate surface area is 155 Å². The zero-order chi connectivity index (χ0) is 18.4. The Kier molecular flexibility index (Phi) is 5.76. The van der Waals surface area contributed by atoms with Gasteiger partial charge in [0.15, 0.2) is 5.13 Å². The van der Waals surface area contributed by atoms with Gasteiger partial charge >= 0.3 is 0 Å². The fourth-order valence-electron chi connectivity index (χ4n) is 2.38. The Morgan fingerprint density at radius 3 is 2.69 bits per heavy atom. The lowest BCUT2D eigenvalue weighted by Gasteiger charge is -2.01. The monoisotopic (exact) mass is 365 g/mol. The van der Waals surface area contributed by atoms with Gasteiger partial charge in [-0.25, -0.2) is 4.98 Å². The highest BCUT2D eigenvalue weighted by Gasteiger charge is 2.08. The van der Waals surface area contributed by atoms with Crippen LogP contribution in [0.2, 0.25) is 0 Å². The molecule has 2 N–H and O–H groups in total. The largest absolute Gasteiger partial charge is 0.322 e. The first-order valence-electron chi connectivity index (χ1n) is 8.38. The molecule has 5 nitrogen and oxygen atoms in total. The van der Waals surface area contributed by atoms with Crippen LogP contribution >= 0.6 is 11.3 Å². The van der Waals surface area contributed by atoms with E-state index in [2.05, 4.69) is 15.6 Å². The van der Waals surface area contributed by atoms with Crippen LogP contribution in [0.25, 0.3) is 16.3 Å². The first kappa shape index (κ1) is 17.8. The molecular formula is C20H19N3O2S. The number of aromatic nitrogens is 1. The van der Waals surface area contributed by atoms with Crippen LogP contribution in [-0.2, 0) is 9.59 Å². The van der Waals surface area contributed by atoms with Gasteiger partial charge in [-0.3, -0.25) is 9.59 Å². The van der Waals surface area contributed by atoms with Crippen LogP contribution in [0.15, 0.2) is 54.6 Å². The number of anilines is 2. The quantitative estimate of drug-likeness (QED) is 0.623. The number of nitrogens with one attached hydrogen (secondary N) is 2. The third kappa shape index (κ3) is 4.77. The van der Waals surface area contributed by atoms with Crippen LogP contribution in [-0.4, -0.2) is 16.8 Å². The molecule has 0 aliphatic heterocycles. The molecule has 2 amide bonds. The molecule has 0 radical (unpaired) electrons. The standard InChI is InChI=1S/C20H19N3O2S/c1-2-6-18(24)23-20-22-16-11-10-15(13-17(16)26-20)21-19(25)12-9-14-7-4-3-5-8-14/h3-5,7-13H,2,6H2,1H3,(H,21,25)(H,22,23,24). The van der Waals surface area contributed by atoms with Crippen LogP contribution in [0.4, 0.5) is 10.8 Å². The number of nitrogens with zero attached hydrogens (tertiary/aromatic N) is 1. The SMILES string of the molecule is CCCC(=O)Nc1nc2ccc(NC(=O)C=Cc3ccccc3)cc2s1. The van der Waals surface area contributed by atoms with E-state index in [-0.39, 0.29) is 11.8 Å². The van der Waals surface area contributed by atoms with E-state index >= 15 is 0 Å². The molecule has 0 atom stereocenters. The lowest BCUT2D eigenvalue weighted by Crippen LogP contribution is -2.09. The van der Waals surface area contributed by atoms with Crippen LogP contribution in [0.5, 0.6) is 0 Å². The zero-order valence-electron chi connectivity index (χ0n) is 14.4. The van der Waals surface area contributed by atoms with E-state index < -0.39 is 0 Å². The normalized spacial score (nSPS) is 11.0. The van der Waals surface area contributed by atoms with E-state index in [1.165, 1.54) is 17.4 Å². The molecule has 0 spiro atoms. The minimum Gasteiger partial charge on any atom is -0.322 e. The number of rotatable bonds is 6. The van der Waals surface area contributed by atoms with E-state index in [1.54, 1.807) is 12.1 Å². The molecule has 3 rings (SSSR count). The highest BCUT2D eigenvalue weighted by Crippen LogP contribution is 2.28. The minimum absolute atomic E-state index is 0.0360. The van der Waals surface area contributed by atoms with Crippen molar-refractivity contribution in [2.45, 2.75) is 19.8 Å². The van der Waals surface area contributed by atoms with Crippen molar-refractivity contribution >= 4 is 50.3 Å². The topological polar surface area (TPSA) is 71.1 Å². The third-order valence-electron chi connectivity index (χ3n) is 3.61. The molecule has 0 saturated carbocycles. The maximum atomic E-state index is 12.1. The van der Waals surface area contributed by atoms with Crippen molar-refractivity contribution in [3.63, 3.8) is 0 Å². The number of benzene rings is 2. The second kappa shape index (κ2) is 8.40. The van der Waals surface area contributed by atoms with Gasteiger partial charge < -0.3 is 10.6 Å². The Bertz CT molecular complexity index is 948.